The third-order valence-electron chi connectivity index (χ3n) is 2.81. The van der Waals surface area contributed by atoms with Crippen molar-refractivity contribution in [2.75, 3.05) is 25.0 Å². The minimum atomic E-state index is -0.0193. The van der Waals surface area contributed by atoms with E-state index in [4.69, 9.17) is 4.74 Å². The number of rotatable bonds is 5. The largest absolute Gasteiger partial charge is 0.377 e. The van der Waals surface area contributed by atoms with Crippen molar-refractivity contribution < 1.29 is 9.53 Å². The lowest BCUT2D eigenvalue weighted by molar-refractivity contribution is -0.115. The number of halogens is 1. The highest BCUT2D eigenvalue weighted by Crippen LogP contribution is 2.11. The maximum atomic E-state index is 11.7. The molecule has 0 saturated carbocycles. The molecule has 1 amide bonds. The van der Waals surface area contributed by atoms with Crippen LogP contribution in [0.3, 0.4) is 0 Å². The van der Waals surface area contributed by atoms with Gasteiger partial charge in [0.1, 0.15) is 0 Å². The van der Waals surface area contributed by atoms with Crippen molar-refractivity contribution >= 4 is 34.2 Å². The normalized spacial score (nSPS) is 18.8. The lowest BCUT2D eigenvalue weighted by Crippen LogP contribution is -2.33. The van der Waals surface area contributed by atoms with Gasteiger partial charge < -0.3 is 15.4 Å². The van der Waals surface area contributed by atoms with Gasteiger partial charge in [-0.25, -0.2) is 0 Å². The molecule has 1 heterocycles. The van der Waals surface area contributed by atoms with Crippen molar-refractivity contribution in [3.63, 3.8) is 0 Å². The molecule has 0 spiro atoms. The lowest BCUT2D eigenvalue weighted by Gasteiger charge is -2.10. The van der Waals surface area contributed by atoms with Crippen LogP contribution in [-0.4, -0.2) is 31.7 Å². The maximum absolute atomic E-state index is 11.7. The van der Waals surface area contributed by atoms with Gasteiger partial charge in [-0.15, -0.1) is 0 Å². The van der Waals surface area contributed by atoms with E-state index in [1.165, 1.54) is 0 Å². The van der Waals surface area contributed by atoms with Crippen LogP contribution >= 0.6 is 22.6 Å². The van der Waals surface area contributed by atoms with Crippen molar-refractivity contribution in [3.8, 4) is 0 Å². The van der Waals surface area contributed by atoms with Crippen LogP contribution in [0.1, 0.15) is 12.8 Å². The second-order valence-electron chi connectivity index (χ2n) is 4.32. The Kier molecular flexibility index (Phi) is 5.40. The summed E-state index contributed by atoms with van der Waals surface area (Å²) in [5, 5.41) is 5.97. The van der Waals surface area contributed by atoms with Gasteiger partial charge >= 0.3 is 0 Å². The number of anilines is 1. The summed E-state index contributed by atoms with van der Waals surface area (Å²) in [5.74, 6) is -0.0193. The number of carbonyl (C=O) groups is 1. The number of ether oxygens (including phenoxy) is 1. The second kappa shape index (κ2) is 7.06. The molecule has 98 valence electrons. The number of hydrogen-bond donors (Lipinski definition) is 2. The molecule has 0 bridgehead atoms. The molecule has 18 heavy (non-hydrogen) atoms. The van der Waals surface area contributed by atoms with Crippen LogP contribution < -0.4 is 10.6 Å². The third-order valence-corrected chi connectivity index (χ3v) is 3.53. The summed E-state index contributed by atoms with van der Waals surface area (Å²) in [7, 11) is 0. The van der Waals surface area contributed by atoms with E-state index in [9.17, 15) is 4.79 Å². The first kappa shape index (κ1) is 13.8. The first-order chi connectivity index (χ1) is 8.74. The Bertz CT molecular complexity index is 388. The van der Waals surface area contributed by atoms with E-state index >= 15 is 0 Å². The Morgan fingerprint density at radius 1 is 1.39 bits per heavy atom. The molecule has 1 unspecified atom stereocenters. The van der Waals surface area contributed by atoms with Crippen LogP contribution in [0.5, 0.6) is 0 Å². The van der Waals surface area contributed by atoms with Gasteiger partial charge in [0.05, 0.1) is 12.6 Å². The highest BCUT2D eigenvalue weighted by molar-refractivity contribution is 14.1. The van der Waals surface area contributed by atoms with E-state index in [-0.39, 0.29) is 12.0 Å². The molecule has 0 radical (unpaired) electrons. The van der Waals surface area contributed by atoms with Crippen LogP contribution in [0.2, 0.25) is 0 Å². The van der Waals surface area contributed by atoms with Crippen LogP contribution in [0.25, 0.3) is 0 Å². The van der Waals surface area contributed by atoms with Crippen LogP contribution in [0, 0.1) is 3.57 Å². The van der Waals surface area contributed by atoms with Gasteiger partial charge in [0.25, 0.3) is 0 Å². The molecular formula is C13H17IN2O2. The molecule has 1 fully saturated rings. The van der Waals surface area contributed by atoms with Crippen molar-refractivity contribution in [1.82, 2.24) is 5.32 Å². The van der Waals surface area contributed by atoms with E-state index in [1.54, 1.807) is 0 Å². The fourth-order valence-electron chi connectivity index (χ4n) is 1.89. The predicted octanol–water partition coefficient (Wildman–Crippen LogP) is 2.00. The summed E-state index contributed by atoms with van der Waals surface area (Å²) < 4.78 is 6.63. The summed E-state index contributed by atoms with van der Waals surface area (Å²) in [6.07, 6.45) is 2.49. The first-order valence-corrected chi connectivity index (χ1v) is 7.19. The summed E-state index contributed by atoms with van der Waals surface area (Å²) >= 11 is 2.24. The van der Waals surface area contributed by atoms with Crippen molar-refractivity contribution in [3.05, 3.63) is 27.8 Å². The van der Waals surface area contributed by atoms with Gasteiger partial charge in [-0.1, -0.05) is 0 Å². The summed E-state index contributed by atoms with van der Waals surface area (Å²) in [4.78, 5) is 11.7. The van der Waals surface area contributed by atoms with Crippen molar-refractivity contribution in [2.45, 2.75) is 18.9 Å². The van der Waals surface area contributed by atoms with E-state index in [2.05, 4.69) is 33.2 Å². The smallest absolute Gasteiger partial charge is 0.238 e. The molecule has 2 rings (SSSR count). The quantitative estimate of drug-likeness (QED) is 0.790. The minimum Gasteiger partial charge on any atom is -0.377 e. The molecule has 5 heteroatoms. The van der Waals surface area contributed by atoms with Crippen LogP contribution in [0.15, 0.2) is 24.3 Å². The predicted molar refractivity (Wildman–Crippen MR) is 79.6 cm³/mol. The third kappa shape index (κ3) is 4.55. The van der Waals surface area contributed by atoms with E-state index in [0.29, 0.717) is 6.54 Å². The fourth-order valence-corrected chi connectivity index (χ4v) is 2.25. The molecule has 1 aliphatic heterocycles. The van der Waals surface area contributed by atoms with E-state index < -0.39 is 0 Å². The highest BCUT2D eigenvalue weighted by atomic mass is 127. The Labute approximate surface area is 121 Å². The fraction of sp³-hybridized carbons (Fsp3) is 0.462. The summed E-state index contributed by atoms with van der Waals surface area (Å²) in [6.45, 7) is 1.92. The highest BCUT2D eigenvalue weighted by Gasteiger charge is 2.14. The first-order valence-electron chi connectivity index (χ1n) is 6.12. The van der Waals surface area contributed by atoms with Gasteiger partial charge in [-0.05, 0) is 59.7 Å². The zero-order valence-corrected chi connectivity index (χ0v) is 12.3. The van der Waals surface area contributed by atoms with Gasteiger partial charge in [-0.3, -0.25) is 4.79 Å². The molecule has 1 aromatic rings. The SMILES string of the molecule is O=C(CNCC1CCCO1)Nc1ccc(I)cc1. The maximum Gasteiger partial charge on any atom is 0.238 e. The molecule has 1 aromatic carbocycles. The molecule has 1 saturated heterocycles. The van der Waals surface area contributed by atoms with Crippen LogP contribution in [0.4, 0.5) is 5.69 Å². The molecular weight excluding hydrogens is 343 g/mol. The zero-order chi connectivity index (χ0) is 12.8. The van der Waals surface area contributed by atoms with Gasteiger partial charge in [0, 0.05) is 22.4 Å². The Hall–Kier alpha value is -0.660. The second-order valence-corrected chi connectivity index (χ2v) is 5.57. The number of carbonyl (C=O) groups excluding carboxylic acids is 1. The molecule has 0 aromatic heterocycles. The standard InChI is InChI=1S/C13H17IN2O2/c14-10-3-5-11(6-4-10)16-13(17)9-15-8-12-2-1-7-18-12/h3-6,12,15H,1-2,7-9H2,(H,16,17). The van der Waals surface area contributed by atoms with E-state index in [1.807, 2.05) is 24.3 Å². The van der Waals surface area contributed by atoms with E-state index in [0.717, 1.165) is 35.3 Å². The van der Waals surface area contributed by atoms with Gasteiger partial charge in [0.2, 0.25) is 5.91 Å². The average molecular weight is 360 g/mol. The van der Waals surface area contributed by atoms with Crippen LogP contribution in [-0.2, 0) is 9.53 Å². The molecule has 4 nitrogen and oxygen atoms in total. The van der Waals surface area contributed by atoms with Gasteiger partial charge in [-0.2, -0.15) is 0 Å². The van der Waals surface area contributed by atoms with Crippen molar-refractivity contribution in [2.24, 2.45) is 0 Å². The Morgan fingerprint density at radius 2 is 2.17 bits per heavy atom. The topological polar surface area (TPSA) is 50.4 Å². The number of nitrogens with one attached hydrogen (secondary N) is 2. The Morgan fingerprint density at radius 3 is 2.83 bits per heavy atom. The summed E-state index contributed by atoms with van der Waals surface area (Å²) in [6, 6.07) is 7.74. The number of hydrogen-bond acceptors (Lipinski definition) is 3. The monoisotopic (exact) mass is 360 g/mol. The molecule has 1 atom stereocenters. The summed E-state index contributed by atoms with van der Waals surface area (Å²) in [5.41, 5.74) is 0.833. The zero-order valence-electron chi connectivity index (χ0n) is 10.1. The van der Waals surface area contributed by atoms with Crippen molar-refractivity contribution in [1.29, 1.82) is 0 Å². The number of benzene rings is 1. The minimum absolute atomic E-state index is 0.0193. The molecule has 1 aliphatic rings. The number of amides is 1. The average Bonchev–Trinajstić information content (AvgIpc) is 2.85. The molecule has 0 aliphatic carbocycles. The Balaban J connectivity index is 1.66. The molecule has 2 N–H and O–H groups in total. The van der Waals surface area contributed by atoms with Gasteiger partial charge in [0.15, 0.2) is 0 Å². The lowest BCUT2D eigenvalue weighted by atomic mass is 10.2.